The molecule has 1 aliphatic rings. The van der Waals surface area contributed by atoms with E-state index in [4.69, 9.17) is 9.47 Å². The largest absolute Gasteiger partial charge is 0.497 e. The lowest BCUT2D eigenvalue weighted by Crippen LogP contribution is -2.23. The summed E-state index contributed by atoms with van der Waals surface area (Å²) in [5.41, 5.74) is 2.21. The first-order chi connectivity index (χ1) is 11.7. The highest BCUT2D eigenvalue weighted by Crippen LogP contribution is 2.31. The van der Waals surface area contributed by atoms with Gasteiger partial charge in [0, 0.05) is 55.9 Å². The van der Waals surface area contributed by atoms with Gasteiger partial charge in [-0.05, 0) is 24.8 Å². The minimum absolute atomic E-state index is 0.562. The Labute approximate surface area is 142 Å². The first-order valence-corrected chi connectivity index (χ1v) is 8.18. The standard InChI is InChI=1S/C18H24N4O2/c1-13-9-19-18(20-10-13)21-11-14-4-5-22(12-14)15-6-16(23-2)8-17(7-15)24-3/h6-10,14H,4-5,11-12H2,1-3H3,(H,19,20,21). The van der Waals surface area contributed by atoms with Crippen molar-refractivity contribution in [1.29, 1.82) is 0 Å². The number of nitrogens with one attached hydrogen (secondary N) is 1. The normalized spacial score (nSPS) is 17.0. The van der Waals surface area contributed by atoms with Crippen molar-refractivity contribution >= 4 is 11.6 Å². The van der Waals surface area contributed by atoms with Crippen molar-refractivity contribution < 1.29 is 9.47 Å². The minimum atomic E-state index is 0.562. The zero-order valence-corrected chi connectivity index (χ0v) is 14.5. The van der Waals surface area contributed by atoms with E-state index in [0.717, 1.165) is 48.8 Å². The molecule has 0 saturated carbocycles. The van der Waals surface area contributed by atoms with Crippen LogP contribution < -0.4 is 19.7 Å². The van der Waals surface area contributed by atoms with E-state index in [1.54, 1.807) is 14.2 Å². The molecule has 1 fully saturated rings. The van der Waals surface area contributed by atoms with Gasteiger partial charge in [-0.3, -0.25) is 0 Å². The predicted octanol–water partition coefficient (Wildman–Crippen LogP) is 2.74. The van der Waals surface area contributed by atoms with E-state index < -0.39 is 0 Å². The van der Waals surface area contributed by atoms with Crippen LogP contribution in [-0.2, 0) is 0 Å². The first kappa shape index (κ1) is 16.4. The van der Waals surface area contributed by atoms with Crippen LogP contribution in [0.2, 0.25) is 0 Å². The number of hydrogen-bond donors (Lipinski definition) is 1. The van der Waals surface area contributed by atoms with E-state index in [1.807, 2.05) is 25.4 Å². The number of anilines is 2. The molecule has 128 valence electrons. The van der Waals surface area contributed by atoms with Gasteiger partial charge in [0.15, 0.2) is 0 Å². The van der Waals surface area contributed by atoms with E-state index in [9.17, 15) is 0 Å². The third-order valence-electron chi connectivity index (χ3n) is 4.32. The fourth-order valence-corrected chi connectivity index (χ4v) is 2.93. The fourth-order valence-electron chi connectivity index (χ4n) is 2.93. The molecule has 0 radical (unpaired) electrons. The Bertz CT molecular complexity index is 653. The smallest absolute Gasteiger partial charge is 0.222 e. The molecule has 24 heavy (non-hydrogen) atoms. The molecule has 1 aliphatic heterocycles. The second-order valence-electron chi connectivity index (χ2n) is 6.14. The van der Waals surface area contributed by atoms with Crippen molar-refractivity contribution in [3.05, 3.63) is 36.2 Å². The Morgan fingerprint density at radius 3 is 2.42 bits per heavy atom. The summed E-state index contributed by atoms with van der Waals surface area (Å²) in [6, 6.07) is 6.01. The second kappa shape index (κ2) is 7.38. The Kier molecular flexibility index (Phi) is 5.03. The summed E-state index contributed by atoms with van der Waals surface area (Å²) < 4.78 is 10.7. The molecule has 6 nitrogen and oxygen atoms in total. The van der Waals surface area contributed by atoms with Gasteiger partial charge in [0.25, 0.3) is 0 Å². The van der Waals surface area contributed by atoms with E-state index in [-0.39, 0.29) is 0 Å². The highest BCUT2D eigenvalue weighted by molar-refractivity contribution is 5.56. The number of ether oxygens (including phenoxy) is 2. The van der Waals surface area contributed by atoms with Crippen LogP contribution >= 0.6 is 0 Å². The number of methoxy groups -OCH3 is 2. The van der Waals surface area contributed by atoms with E-state index >= 15 is 0 Å². The highest BCUT2D eigenvalue weighted by Gasteiger charge is 2.23. The van der Waals surface area contributed by atoms with Gasteiger partial charge in [-0.25, -0.2) is 9.97 Å². The molecule has 2 aromatic rings. The summed E-state index contributed by atoms with van der Waals surface area (Å²) in [6.45, 7) is 4.88. The zero-order chi connectivity index (χ0) is 16.9. The van der Waals surface area contributed by atoms with Crippen molar-refractivity contribution in [2.45, 2.75) is 13.3 Å². The SMILES string of the molecule is COc1cc(OC)cc(N2CCC(CNc3ncc(C)cn3)C2)c1. The zero-order valence-electron chi connectivity index (χ0n) is 14.5. The van der Waals surface area contributed by atoms with Gasteiger partial charge >= 0.3 is 0 Å². The first-order valence-electron chi connectivity index (χ1n) is 8.18. The predicted molar refractivity (Wildman–Crippen MR) is 95.1 cm³/mol. The highest BCUT2D eigenvalue weighted by atomic mass is 16.5. The Hall–Kier alpha value is -2.50. The second-order valence-corrected chi connectivity index (χ2v) is 6.14. The molecule has 1 N–H and O–H groups in total. The number of aryl methyl sites for hydroxylation is 1. The molecular weight excluding hydrogens is 304 g/mol. The molecule has 1 unspecified atom stereocenters. The summed E-state index contributed by atoms with van der Waals surface area (Å²) in [5, 5.41) is 3.33. The average molecular weight is 328 g/mol. The van der Waals surface area contributed by atoms with Gasteiger partial charge in [0.1, 0.15) is 11.5 Å². The summed E-state index contributed by atoms with van der Waals surface area (Å²) in [7, 11) is 3.35. The Morgan fingerprint density at radius 1 is 1.12 bits per heavy atom. The number of rotatable bonds is 6. The molecule has 1 aromatic heterocycles. The Morgan fingerprint density at radius 2 is 1.79 bits per heavy atom. The van der Waals surface area contributed by atoms with Crippen LogP contribution in [0.15, 0.2) is 30.6 Å². The summed E-state index contributed by atoms with van der Waals surface area (Å²) >= 11 is 0. The van der Waals surface area contributed by atoms with Crippen LogP contribution in [0.4, 0.5) is 11.6 Å². The van der Waals surface area contributed by atoms with Crippen molar-refractivity contribution in [1.82, 2.24) is 9.97 Å². The average Bonchev–Trinajstić information content (AvgIpc) is 3.10. The molecule has 1 atom stereocenters. The molecule has 1 aromatic carbocycles. The molecule has 3 rings (SSSR count). The molecule has 0 bridgehead atoms. The van der Waals surface area contributed by atoms with Gasteiger partial charge in [-0.1, -0.05) is 0 Å². The number of hydrogen-bond acceptors (Lipinski definition) is 6. The van der Waals surface area contributed by atoms with Gasteiger partial charge < -0.3 is 19.7 Å². The molecule has 0 aliphatic carbocycles. The number of nitrogens with zero attached hydrogens (tertiary/aromatic N) is 3. The third-order valence-corrected chi connectivity index (χ3v) is 4.32. The van der Waals surface area contributed by atoms with Gasteiger partial charge in [0.2, 0.25) is 5.95 Å². The molecule has 2 heterocycles. The van der Waals surface area contributed by atoms with Crippen LogP contribution in [0.5, 0.6) is 11.5 Å². The van der Waals surface area contributed by atoms with Gasteiger partial charge in [-0.15, -0.1) is 0 Å². The number of benzene rings is 1. The fraction of sp³-hybridized carbons (Fsp3) is 0.444. The van der Waals surface area contributed by atoms with Crippen LogP contribution in [0, 0.1) is 12.8 Å². The van der Waals surface area contributed by atoms with Crippen molar-refractivity contribution in [3.63, 3.8) is 0 Å². The minimum Gasteiger partial charge on any atom is -0.497 e. The topological polar surface area (TPSA) is 59.5 Å². The molecular formula is C18H24N4O2. The molecule has 1 saturated heterocycles. The van der Waals surface area contributed by atoms with Crippen LogP contribution in [0.25, 0.3) is 0 Å². The van der Waals surface area contributed by atoms with Gasteiger partial charge in [-0.2, -0.15) is 0 Å². The maximum absolute atomic E-state index is 5.36. The van der Waals surface area contributed by atoms with Crippen molar-refractivity contribution in [2.24, 2.45) is 5.92 Å². The maximum Gasteiger partial charge on any atom is 0.222 e. The summed E-state index contributed by atoms with van der Waals surface area (Å²) in [5.74, 6) is 2.90. The van der Waals surface area contributed by atoms with E-state index in [0.29, 0.717) is 11.9 Å². The van der Waals surface area contributed by atoms with E-state index in [1.165, 1.54) is 0 Å². The van der Waals surface area contributed by atoms with E-state index in [2.05, 4.69) is 32.3 Å². The van der Waals surface area contributed by atoms with Crippen LogP contribution in [0.1, 0.15) is 12.0 Å². The number of aromatic nitrogens is 2. The lowest BCUT2D eigenvalue weighted by molar-refractivity contribution is 0.394. The van der Waals surface area contributed by atoms with Crippen LogP contribution in [0.3, 0.4) is 0 Å². The van der Waals surface area contributed by atoms with Gasteiger partial charge in [0.05, 0.1) is 14.2 Å². The summed E-state index contributed by atoms with van der Waals surface area (Å²) in [6.07, 6.45) is 4.80. The maximum atomic E-state index is 5.36. The van der Waals surface area contributed by atoms with Crippen LogP contribution in [-0.4, -0.2) is 43.8 Å². The summed E-state index contributed by atoms with van der Waals surface area (Å²) in [4.78, 5) is 11.0. The van der Waals surface area contributed by atoms with Crippen molar-refractivity contribution in [2.75, 3.05) is 44.1 Å². The Balaban J connectivity index is 1.59. The van der Waals surface area contributed by atoms with Crippen molar-refractivity contribution in [3.8, 4) is 11.5 Å². The third kappa shape index (κ3) is 3.88. The quantitative estimate of drug-likeness (QED) is 0.880. The molecule has 6 heteroatoms. The monoisotopic (exact) mass is 328 g/mol. The molecule has 0 spiro atoms. The lowest BCUT2D eigenvalue weighted by atomic mass is 10.1. The molecule has 0 amide bonds. The lowest BCUT2D eigenvalue weighted by Gasteiger charge is -2.20.